The molecule has 0 aromatic carbocycles. The molecule has 3 rings (SSSR count). The molecule has 2 aromatic heterocycles. The third-order valence-electron chi connectivity index (χ3n) is 4.06. The maximum Gasteiger partial charge on any atom is 0.252 e. The Bertz CT molecular complexity index is 769. The number of rotatable bonds is 5. The molecule has 1 aliphatic heterocycles. The zero-order valence-electron chi connectivity index (χ0n) is 13.4. The van der Waals surface area contributed by atoms with Crippen LogP contribution in [-0.4, -0.2) is 44.7 Å². The van der Waals surface area contributed by atoms with Crippen LogP contribution in [0.25, 0.3) is 10.4 Å². The summed E-state index contributed by atoms with van der Waals surface area (Å²) >= 11 is 1.25. The first-order valence-corrected chi connectivity index (χ1v) is 9.72. The van der Waals surface area contributed by atoms with Crippen molar-refractivity contribution in [3.8, 4) is 10.4 Å². The molecule has 8 heteroatoms. The molecule has 0 bridgehead atoms. The number of nitrogens with zero attached hydrogens (tertiary/aromatic N) is 2. The largest absolute Gasteiger partial charge is 0.381 e. The molecule has 0 N–H and O–H groups in total. The maximum atomic E-state index is 12.7. The van der Waals surface area contributed by atoms with Crippen molar-refractivity contribution >= 4 is 21.4 Å². The normalized spacial score (nSPS) is 18.9. The Hall–Kier alpha value is -1.22. The van der Waals surface area contributed by atoms with Gasteiger partial charge < -0.3 is 9.26 Å². The molecule has 1 fully saturated rings. The van der Waals surface area contributed by atoms with Crippen molar-refractivity contribution < 1.29 is 17.7 Å². The van der Waals surface area contributed by atoms with Crippen LogP contribution in [0.4, 0.5) is 0 Å². The van der Waals surface area contributed by atoms with Crippen molar-refractivity contribution in [3.63, 3.8) is 0 Å². The van der Waals surface area contributed by atoms with E-state index in [0.29, 0.717) is 29.7 Å². The number of hydrogen-bond acceptors (Lipinski definition) is 6. The van der Waals surface area contributed by atoms with Gasteiger partial charge in [0.25, 0.3) is 10.0 Å². The van der Waals surface area contributed by atoms with E-state index in [0.717, 1.165) is 22.6 Å². The highest BCUT2D eigenvalue weighted by atomic mass is 32.2. The van der Waals surface area contributed by atoms with Gasteiger partial charge in [0.15, 0.2) is 0 Å². The predicted octanol–water partition coefficient (Wildman–Crippen LogP) is 2.68. The van der Waals surface area contributed by atoms with Crippen molar-refractivity contribution in [2.24, 2.45) is 5.92 Å². The Morgan fingerprint density at radius 3 is 2.78 bits per heavy atom. The van der Waals surface area contributed by atoms with E-state index in [1.807, 2.05) is 19.9 Å². The van der Waals surface area contributed by atoms with Gasteiger partial charge in [0.2, 0.25) is 0 Å². The molecule has 23 heavy (non-hydrogen) atoms. The molecule has 126 valence electrons. The summed E-state index contributed by atoms with van der Waals surface area (Å²) in [6.07, 6.45) is 0.911. The van der Waals surface area contributed by atoms with Gasteiger partial charge in [-0.2, -0.15) is 4.31 Å². The van der Waals surface area contributed by atoms with E-state index in [9.17, 15) is 8.42 Å². The van der Waals surface area contributed by atoms with Crippen LogP contribution in [0.15, 0.2) is 20.9 Å². The molecule has 1 atom stereocenters. The number of sulfonamides is 1. The zero-order chi connectivity index (χ0) is 16.6. The van der Waals surface area contributed by atoms with Crippen molar-refractivity contribution in [1.82, 2.24) is 9.46 Å². The maximum absolute atomic E-state index is 12.7. The molecule has 3 heterocycles. The van der Waals surface area contributed by atoms with Gasteiger partial charge in [0, 0.05) is 25.1 Å². The quantitative estimate of drug-likeness (QED) is 0.823. The van der Waals surface area contributed by atoms with E-state index in [-0.39, 0.29) is 5.92 Å². The second-order valence-corrected chi connectivity index (χ2v) is 9.19. The van der Waals surface area contributed by atoms with Crippen molar-refractivity contribution in [2.75, 3.05) is 26.8 Å². The van der Waals surface area contributed by atoms with Gasteiger partial charge in [-0.1, -0.05) is 5.16 Å². The molecule has 6 nitrogen and oxygen atoms in total. The van der Waals surface area contributed by atoms with Crippen molar-refractivity contribution in [3.05, 3.63) is 23.6 Å². The highest BCUT2D eigenvalue weighted by Crippen LogP contribution is 2.35. The van der Waals surface area contributed by atoms with Gasteiger partial charge in [0.1, 0.15) is 9.97 Å². The Kier molecular flexibility index (Phi) is 4.59. The molecular formula is C15H20N2O4S2. The van der Waals surface area contributed by atoms with E-state index in [1.54, 1.807) is 13.1 Å². The first-order chi connectivity index (χ1) is 10.9. The topological polar surface area (TPSA) is 72.6 Å². The fourth-order valence-electron chi connectivity index (χ4n) is 2.77. The summed E-state index contributed by atoms with van der Waals surface area (Å²) in [5.41, 5.74) is 1.65. The van der Waals surface area contributed by atoms with Gasteiger partial charge >= 0.3 is 0 Å². The van der Waals surface area contributed by atoms with Crippen LogP contribution in [0, 0.1) is 19.8 Å². The van der Waals surface area contributed by atoms with Crippen LogP contribution in [0.5, 0.6) is 0 Å². The molecule has 1 unspecified atom stereocenters. The fourth-order valence-corrected chi connectivity index (χ4v) is 5.68. The summed E-state index contributed by atoms with van der Waals surface area (Å²) < 4.78 is 37.7. The van der Waals surface area contributed by atoms with Crippen LogP contribution in [0.2, 0.25) is 0 Å². The Balaban J connectivity index is 1.83. The fraction of sp³-hybridized carbons (Fsp3) is 0.533. The third-order valence-corrected chi connectivity index (χ3v) is 7.46. The van der Waals surface area contributed by atoms with Gasteiger partial charge in [-0.25, -0.2) is 8.42 Å². The summed E-state index contributed by atoms with van der Waals surface area (Å²) in [7, 11) is -1.85. The summed E-state index contributed by atoms with van der Waals surface area (Å²) in [6.45, 7) is 5.52. The van der Waals surface area contributed by atoms with Crippen LogP contribution < -0.4 is 0 Å². The number of hydrogen-bond donors (Lipinski definition) is 0. The monoisotopic (exact) mass is 356 g/mol. The molecule has 0 spiro atoms. The average Bonchev–Trinajstić information content (AvgIpc) is 3.21. The number of aromatic nitrogens is 1. The van der Waals surface area contributed by atoms with Gasteiger partial charge in [-0.05, 0) is 38.3 Å². The number of thiophene rings is 1. The minimum atomic E-state index is -3.48. The van der Waals surface area contributed by atoms with E-state index >= 15 is 0 Å². The lowest BCUT2D eigenvalue weighted by Crippen LogP contribution is -2.31. The van der Waals surface area contributed by atoms with Crippen LogP contribution >= 0.6 is 11.3 Å². The second-order valence-electron chi connectivity index (χ2n) is 5.83. The van der Waals surface area contributed by atoms with E-state index in [1.165, 1.54) is 15.6 Å². The summed E-state index contributed by atoms with van der Waals surface area (Å²) in [6, 6.07) is 3.47. The lowest BCUT2D eigenvalue weighted by molar-refractivity contribution is 0.182. The molecule has 0 aliphatic carbocycles. The third kappa shape index (κ3) is 3.21. The highest BCUT2D eigenvalue weighted by Gasteiger charge is 2.28. The van der Waals surface area contributed by atoms with Crippen LogP contribution in [0.1, 0.15) is 17.9 Å². The van der Waals surface area contributed by atoms with Crippen LogP contribution in [-0.2, 0) is 14.8 Å². The highest BCUT2D eigenvalue weighted by molar-refractivity contribution is 7.91. The van der Waals surface area contributed by atoms with Gasteiger partial charge in [0.05, 0.1) is 17.9 Å². The lowest BCUT2D eigenvalue weighted by Gasteiger charge is -2.19. The van der Waals surface area contributed by atoms with E-state index in [2.05, 4.69) is 5.16 Å². The second kappa shape index (κ2) is 6.35. The Labute approximate surface area is 140 Å². The Morgan fingerprint density at radius 1 is 1.39 bits per heavy atom. The molecule has 1 saturated heterocycles. The van der Waals surface area contributed by atoms with E-state index in [4.69, 9.17) is 9.26 Å². The van der Waals surface area contributed by atoms with Crippen molar-refractivity contribution in [2.45, 2.75) is 24.5 Å². The lowest BCUT2D eigenvalue weighted by atomic mass is 10.1. The first-order valence-electron chi connectivity index (χ1n) is 7.46. The minimum Gasteiger partial charge on any atom is -0.381 e. The first kappa shape index (κ1) is 16.6. The predicted molar refractivity (Wildman–Crippen MR) is 88.0 cm³/mol. The molecule has 0 amide bonds. The molecule has 2 aromatic rings. The molecule has 0 saturated carbocycles. The SMILES string of the molecule is Cc1noc(C)c1-c1ccc(S(=O)(=O)N(C)CC2CCOC2)s1. The summed E-state index contributed by atoms with van der Waals surface area (Å²) in [5.74, 6) is 0.974. The minimum absolute atomic E-state index is 0.275. The van der Waals surface area contributed by atoms with Gasteiger partial charge in [-0.3, -0.25) is 0 Å². The zero-order valence-corrected chi connectivity index (χ0v) is 15.0. The van der Waals surface area contributed by atoms with E-state index < -0.39 is 10.0 Å². The molecular weight excluding hydrogens is 336 g/mol. The average molecular weight is 356 g/mol. The molecule has 0 radical (unpaired) electrons. The summed E-state index contributed by atoms with van der Waals surface area (Å²) in [5, 5.41) is 3.93. The Morgan fingerprint density at radius 2 is 2.17 bits per heavy atom. The molecule has 1 aliphatic rings. The number of aryl methyl sites for hydroxylation is 2. The summed E-state index contributed by atoms with van der Waals surface area (Å²) in [4.78, 5) is 0.859. The smallest absolute Gasteiger partial charge is 0.252 e. The number of ether oxygens (including phenoxy) is 1. The van der Waals surface area contributed by atoms with Gasteiger partial charge in [-0.15, -0.1) is 11.3 Å². The van der Waals surface area contributed by atoms with Crippen molar-refractivity contribution in [1.29, 1.82) is 0 Å². The standard InChI is InChI=1S/C15H20N2O4S2/c1-10-15(11(2)21-16-10)13-4-5-14(22-13)23(18,19)17(3)8-12-6-7-20-9-12/h4-5,12H,6-9H2,1-3H3. The van der Waals surface area contributed by atoms with Crippen LogP contribution in [0.3, 0.4) is 0 Å².